The number of nitrogens with zero attached hydrogens (tertiary/aromatic N) is 1. The molecule has 1 aromatic rings. The van der Waals surface area contributed by atoms with Crippen LogP contribution >= 0.6 is 31.9 Å². The van der Waals surface area contributed by atoms with Gasteiger partial charge in [0, 0.05) is 0 Å². The number of hydrogen-bond acceptors (Lipinski definition) is 2. The molecule has 0 radical (unpaired) electrons. The molecule has 0 amide bonds. The van der Waals surface area contributed by atoms with E-state index >= 15 is 0 Å². The molecule has 2 N–H and O–H groups in total. The van der Waals surface area contributed by atoms with E-state index < -0.39 is 0 Å². The number of hydrogen-bond donors (Lipinski definition) is 2. The molecule has 5 heteroatoms. The van der Waals surface area contributed by atoms with Crippen LogP contribution in [0.25, 0.3) is 0 Å². The van der Waals surface area contributed by atoms with Gasteiger partial charge in [0.05, 0.1) is 5.36 Å². The van der Waals surface area contributed by atoms with Gasteiger partial charge >= 0.3 is 0 Å². The minimum atomic E-state index is 0.337. The molecule has 0 aliphatic rings. The topological polar surface area (TPSA) is 49.0 Å². The predicted octanol–water partition coefficient (Wildman–Crippen LogP) is 1.73. The second-order valence-corrected chi connectivity index (χ2v) is 3.33. The van der Waals surface area contributed by atoms with Crippen molar-refractivity contribution in [3.8, 4) is 0 Å². The SMILES string of the molecule is N=c1cc(Br)n(O)c(Br)c1. The van der Waals surface area contributed by atoms with E-state index in [0.717, 1.165) is 4.73 Å². The smallest absolute Gasteiger partial charge is 0.125 e. The second-order valence-electron chi connectivity index (χ2n) is 1.70. The fourth-order valence-electron chi connectivity index (χ4n) is 0.523. The van der Waals surface area contributed by atoms with Gasteiger partial charge in [-0.3, -0.25) is 0 Å². The molecule has 10 heavy (non-hydrogen) atoms. The number of halogens is 2. The average Bonchev–Trinajstić information content (AvgIpc) is 1.82. The van der Waals surface area contributed by atoms with E-state index in [2.05, 4.69) is 31.9 Å². The summed E-state index contributed by atoms with van der Waals surface area (Å²) in [7, 11) is 0. The Hall–Kier alpha value is -0.290. The van der Waals surface area contributed by atoms with Gasteiger partial charge in [0.15, 0.2) is 0 Å². The third-order valence-electron chi connectivity index (χ3n) is 0.954. The number of pyridine rings is 1. The van der Waals surface area contributed by atoms with Crippen molar-refractivity contribution < 1.29 is 5.21 Å². The first kappa shape index (κ1) is 7.81. The van der Waals surface area contributed by atoms with Crippen molar-refractivity contribution in [3.63, 3.8) is 0 Å². The molecule has 0 unspecified atom stereocenters. The molecule has 1 aromatic heterocycles. The summed E-state index contributed by atoms with van der Waals surface area (Å²) in [5.41, 5.74) is 0. The Morgan fingerprint density at radius 1 is 1.30 bits per heavy atom. The monoisotopic (exact) mass is 266 g/mol. The molecule has 1 rings (SSSR count). The highest BCUT2D eigenvalue weighted by Gasteiger charge is 1.97. The van der Waals surface area contributed by atoms with Crippen molar-refractivity contribution in [1.29, 1.82) is 5.41 Å². The van der Waals surface area contributed by atoms with Gasteiger partial charge in [-0.05, 0) is 44.0 Å². The van der Waals surface area contributed by atoms with Gasteiger partial charge in [0.25, 0.3) is 0 Å². The molecule has 0 saturated heterocycles. The molecule has 0 bridgehead atoms. The summed E-state index contributed by atoms with van der Waals surface area (Å²) in [6, 6.07) is 2.98. The lowest BCUT2D eigenvalue weighted by atomic mass is 10.5. The minimum absolute atomic E-state index is 0.337. The van der Waals surface area contributed by atoms with Crippen LogP contribution in [0.5, 0.6) is 0 Å². The predicted molar refractivity (Wildman–Crippen MR) is 42.9 cm³/mol. The summed E-state index contributed by atoms with van der Waals surface area (Å²) in [5, 5.41) is 16.6. The van der Waals surface area contributed by atoms with Crippen LogP contribution in [0.3, 0.4) is 0 Å². The normalized spacial score (nSPS) is 9.80. The lowest BCUT2D eigenvalue weighted by Gasteiger charge is -2.01. The molecule has 0 fully saturated rings. The lowest BCUT2D eigenvalue weighted by molar-refractivity contribution is 0.170. The third kappa shape index (κ3) is 1.41. The Morgan fingerprint density at radius 3 is 2.10 bits per heavy atom. The van der Waals surface area contributed by atoms with E-state index in [4.69, 9.17) is 10.6 Å². The fraction of sp³-hybridized carbons (Fsp3) is 0. The summed E-state index contributed by atoms with van der Waals surface area (Å²) < 4.78 is 1.80. The van der Waals surface area contributed by atoms with Gasteiger partial charge < -0.3 is 10.6 Å². The first-order valence-corrected chi connectivity index (χ1v) is 4.02. The first-order valence-electron chi connectivity index (χ1n) is 2.43. The van der Waals surface area contributed by atoms with E-state index in [9.17, 15) is 0 Å². The van der Waals surface area contributed by atoms with E-state index in [1.165, 1.54) is 12.1 Å². The molecule has 0 aromatic carbocycles. The van der Waals surface area contributed by atoms with Crippen LogP contribution in [0.2, 0.25) is 0 Å². The Balaban J connectivity index is 3.46. The largest absolute Gasteiger partial charge is 0.427 e. The molecule has 0 atom stereocenters. The Kier molecular flexibility index (Phi) is 2.15. The highest BCUT2D eigenvalue weighted by Crippen LogP contribution is 2.11. The number of aromatic nitrogens is 1. The van der Waals surface area contributed by atoms with E-state index in [1.54, 1.807) is 0 Å². The lowest BCUT2D eigenvalue weighted by Crippen LogP contribution is -2.05. The molecule has 1 heterocycles. The van der Waals surface area contributed by atoms with Gasteiger partial charge in [-0.1, -0.05) is 0 Å². The van der Waals surface area contributed by atoms with Gasteiger partial charge in [-0.2, -0.15) is 4.73 Å². The van der Waals surface area contributed by atoms with Gasteiger partial charge in [0.2, 0.25) is 0 Å². The average molecular weight is 268 g/mol. The van der Waals surface area contributed by atoms with Crippen molar-refractivity contribution in [1.82, 2.24) is 4.73 Å². The van der Waals surface area contributed by atoms with Crippen LogP contribution in [-0.2, 0) is 0 Å². The molecule has 54 valence electrons. The van der Waals surface area contributed by atoms with Crippen molar-refractivity contribution in [2.75, 3.05) is 0 Å². The van der Waals surface area contributed by atoms with E-state index in [0.29, 0.717) is 14.6 Å². The standard InChI is InChI=1S/C5H4Br2N2O/c6-4-1-3(8)2-5(7)9(4)10/h1-2,8,10H. The van der Waals surface area contributed by atoms with Crippen molar-refractivity contribution in [2.45, 2.75) is 0 Å². The highest BCUT2D eigenvalue weighted by molar-refractivity contribution is 9.11. The van der Waals surface area contributed by atoms with Gasteiger partial charge in [-0.15, -0.1) is 0 Å². The maximum absolute atomic E-state index is 9.07. The van der Waals surface area contributed by atoms with Crippen molar-refractivity contribution in [3.05, 3.63) is 26.7 Å². The minimum Gasteiger partial charge on any atom is -0.427 e. The third-order valence-corrected chi connectivity index (χ3v) is 2.08. The van der Waals surface area contributed by atoms with Crippen LogP contribution in [-0.4, -0.2) is 9.94 Å². The summed E-state index contributed by atoms with van der Waals surface area (Å²) >= 11 is 6.12. The molecular weight excluding hydrogens is 264 g/mol. The Morgan fingerprint density at radius 2 is 1.70 bits per heavy atom. The molecule has 0 spiro atoms. The number of nitrogens with one attached hydrogen (secondary N) is 1. The zero-order valence-corrected chi connectivity index (χ0v) is 7.98. The zero-order valence-electron chi connectivity index (χ0n) is 4.81. The maximum Gasteiger partial charge on any atom is 0.125 e. The second kappa shape index (κ2) is 2.75. The van der Waals surface area contributed by atoms with Crippen LogP contribution in [0.4, 0.5) is 0 Å². The summed E-state index contributed by atoms with van der Waals surface area (Å²) in [6.07, 6.45) is 0. The maximum atomic E-state index is 9.07. The van der Waals surface area contributed by atoms with Crippen molar-refractivity contribution >= 4 is 31.9 Å². The molecule has 3 nitrogen and oxygen atoms in total. The zero-order chi connectivity index (χ0) is 7.72. The molecule has 0 aliphatic carbocycles. The summed E-state index contributed by atoms with van der Waals surface area (Å²) in [5.74, 6) is 0. The fourth-order valence-corrected chi connectivity index (χ4v) is 1.64. The van der Waals surface area contributed by atoms with Gasteiger partial charge in [-0.25, -0.2) is 0 Å². The Bertz CT molecular complexity index is 281. The molecule has 0 saturated carbocycles. The molecular formula is C5H4Br2N2O. The number of rotatable bonds is 0. The highest BCUT2D eigenvalue weighted by atomic mass is 79.9. The summed E-state index contributed by atoms with van der Waals surface area (Å²) in [6.45, 7) is 0. The van der Waals surface area contributed by atoms with E-state index in [-0.39, 0.29) is 0 Å². The quantitative estimate of drug-likeness (QED) is 0.546. The molecule has 0 aliphatic heterocycles. The van der Waals surface area contributed by atoms with Crippen LogP contribution in [0.15, 0.2) is 21.3 Å². The first-order chi connectivity index (χ1) is 4.61. The van der Waals surface area contributed by atoms with Crippen LogP contribution < -0.4 is 5.36 Å². The van der Waals surface area contributed by atoms with Crippen molar-refractivity contribution in [2.24, 2.45) is 0 Å². The Labute approximate surface area is 74.0 Å². The van der Waals surface area contributed by atoms with Crippen LogP contribution in [0.1, 0.15) is 0 Å². The van der Waals surface area contributed by atoms with E-state index in [1.807, 2.05) is 0 Å². The van der Waals surface area contributed by atoms with Crippen LogP contribution in [0, 0.1) is 5.41 Å². The summed E-state index contributed by atoms with van der Waals surface area (Å²) in [4.78, 5) is 0. The van der Waals surface area contributed by atoms with Gasteiger partial charge in [0.1, 0.15) is 9.21 Å².